The molecule has 15 heavy (non-hydrogen) atoms. The number of aliphatic hydroxyl groups is 1. The van der Waals surface area contributed by atoms with Crippen LogP contribution in [0.1, 0.15) is 43.9 Å². The molecule has 0 spiro atoms. The molecule has 1 heterocycles. The van der Waals surface area contributed by atoms with Gasteiger partial charge in [-0.1, -0.05) is 32.6 Å². The van der Waals surface area contributed by atoms with Crippen LogP contribution in [0.2, 0.25) is 0 Å². The van der Waals surface area contributed by atoms with Gasteiger partial charge in [-0.2, -0.15) is 0 Å². The molecule has 3 heteroatoms. The molecular formula is C12H19BrOS. The maximum absolute atomic E-state index is 9.80. The van der Waals surface area contributed by atoms with E-state index in [-0.39, 0.29) is 6.10 Å². The number of thiophene rings is 1. The molecule has 1 unspecified atom stereocenters. The molecule has 0 aliphatic rings. The number of hydrogen-bond acceptors (Lipinski definition) is 2. The van der Waals surface area contributed by atoms with Crippen LogP contribution in [0.4, 0.5) is 0 Å². The van der Waals surface area contributed by atoms with E-state index in [1.807, 2.05) is 0 Å². The predicted octanol–water partition coefficient (Wildman–Crippen LogP) is 4.38. The molecule has 0 saturated heterocycles. The van der Waals surface area contributed by atoms with Gasteiger partial charge < -0.3 is 5.11 Å². The van der Waals surface area contributed by atoms with Crippen LogP contribution >= 0.6 is 27.3 Å². The van der Waals surface area contributed by atoms with E-state index in [1.165, 1.54) is 24.1 Å². The molecule has 0 saturated carbocycles. The van der Waals surface area contributed by atoms with Crippen molar-refractivity contribution in [3.63, 3.8) is 0 Å². The predicted molar refractivity (Wildman–Crippen MR) is 70.5 cm³/mol. The minimum Gasteiger partial charge on any atom is -0.393 e. The van der Waals surface area contributed by atoms with Crippen LogP contribution < -0.4 is 0 Å². The summed E-state index contributed by atoms with van der Waals surface area (Å²) in [5.74, 6) is 0. The lowest BCUT2D eigenvalue weighted by atomic mass is 10.1. The summed E-state index contributed by atoms with van der Waals surface area (Å²) < 4.78 is 1.13. The molecular weight excluding hydrogens is 272 g/mol. The molecule has 1 aromatic heterocycles. The number of halogens is 1. The Kier molecular flexibility index (Phi) is 6.53. The molecule has 0 amide bonds. The molecule has 0 aliphatic heterocycles. The van der Waals surface area contributed by atoms with Crippen molar-refractivity contribution >= 4 is 27.3 Å². The van der Waals surface area contributed by atoms with Gasteiger partial charge in [0, 0.05) is 21.2 Å². The van der Waals surface area contributed by atoms with Gasteiger partial charge in [0.25, 0.3) is 0 Å². The van der Waals surface area contributed by atoms with Gasteiger partial charge in [0.05, 0.1) is 6.10 Å². The highest BCUT2D eigenvalue weighted by atomic mass is 79.9. The van der Waals surface area contributed by atoms with Gasteiger partial charge in [-0.25, -0.2) is 0 Å². The first-order valence-electron chi connectivity index (χ1n) is 5.63. The van der Waals surface area contributed by atoms with E-state index in [0.717, 1.165) is 23.7 Å². The Morgan fingerprint density at radius 3 is 2.80 bits per heavy atom. The van der Waals surface area contributed by atoms with Gasteiger partial charge in [-0.3, -0.25) is 0 Å². The number of rotatable bonds is 7. The zero-order valence-electron chi connectivity index (χ0n) is 9.21. The van der Waals surface area contributed by atoms with Crippen LogP contribution in [0.15, 0.2) is 15.9 Å². The fourth-order valence-electron chi connectivity index (χ4n) is 1.60. The molecule has 1 rings (SSSR count). The van der Waals surface area contributed by atoms with Crippen LogP contribution in [0, 0.1) is 0 Å². The molecule has 1 aromatic rings. The van der Waals surface area contributed by atoms with Gasteiger partial charge in [-0.05, 0) is 28.4 Å². The van der Waals surface area contributed by atoms with Crippen molar-refractivity contribution < 1.29 is 5.11 Å². The van der Waals surface area contributed by atoms with Gasteiger partial charge in [0.1, 0.15) is 0 Å². The van der Waals surface area contributed by atoms with Crippen LogP contribution in [-0.4, -0.2) is 11.2 Å². The molecule has 0 bridgehead atoms. The quantitative estimate of drug-likeness (QED) is 0.739. The molecule has 1 atom stereocenters. The molecule has 0 aliphatic carbocycles. The second kappa shape index (κ2) is 7.42. The number of hydrogen-bond donors (Lipinski definition) is 1. The third-order valence-electron chi connectivity index (χ3n) is 2.45. The third kappa shape index (κ3) is 5.69. The molecule has 1 nitrogen and oxygen atoms in total. The summed E-state index contributed by atoms with van der Waals surface area (Å²) in [7, 11) is 0. The molecule has 86 valence electrons. The van der Waals surface area contributed by atoms with E-state index in [9.17, 15) is 5.11 Å². The average Bonchev–Trinajstić information content (AvgIpc) is 2.59. The monoisotopic (exact) mass is 290 g/mol. The Morgan fingerprint density at radius 1 is 1.40 bits per heavy atom. The average molecular weight is 291 g/mol. The van der Waals surface area contributed by atoms with E-state index in [4.69, 9.17) is 0 Å². The summed E-state index contributed by atoms with van der Waals surface area (Å²) >= 11 is 5.14. The Balaban J connectivity index is 2.15. The first kappa shape index (κ1) is 13.2. The van der Waals surface area contributed by atoms with Gasteiger partial charge in [0.15, 0.2) is 0 Å². The first-order chi connectivity index (χ1) is 7.22. The lowest BCUT2D eigenvalue weighted by molar-refractivity contribution is 0.162. The Hall–Kier alpha value is 0.140. The topological polar surface area (TPSA) is 20.2 Å². The smallest absolute Gasteiger partial charge is 0.0588 e. The molecule has 0 fully saturated rings. The van der Waals surface area contributed by atoms with Crippen molar-refractivity contribution in [3.8, 4) is 0 Å². The van der Waals surface area contributed by atoms with E-state index >= 15 is 0 Å². The van der Waals surface area contributed by atoms with Crippen LogP contribution in [0.25, 0.3) is 0 Å². The van der Waals surface area contributed by atoms with Crippen LogP contribution in [-0.2, 0) is 6.42 Å². The van der Waals surface area contributed by atoms with Crippen molar-refractivity contribution in [2.75, 3.05) is 0 Å². The van der Waals surface area contributed by atoms with Gasteiger partial charge >= 0.3 is 0 Å². The van der Waals surface area contributed by atoms with Crippen molar-refractivity contribution in [2.45, 2.75) is 51.6 Å². The second-order valence-corrected chi connectivity index (χ2v) is 5.85. The Morgan fingerprint density at radius 2 is 2.20 bits per heavy atom. The maximum Gasteiger partial charge on any atom is 0.0588 e. The van der Waals surface area contributed by atoms with E-state index in [2.05, 4.69) is 34.3 Å². The minimum absolute atomic E-state index is 0.160. The summed E-state index contributed by atoms with van der Waals surface area (Å²) in [4.78, 5) is 1.27. The number of unbranched alkanes of at least 4 members (excludes halogenated alkanes) is 3. The Bertz CT molecular complexity index is 272. The molecule has 0 aromatic carbocycles. The third-order valence-corrected chi connectivity index (χ3v) is 4.17. The zero-order chi connectivity index (χ0) is 11.1. The standard InChI is InChI=1S/C12H19BrOS/c1-2-3-4-5-6-11(14)8-12-7-10(13)9-15-12/h7,9,11,14H,2-6,8H2,1H3. The van der Waals surface area contributed by atoms with Crippen LogP contribution in [0.3, 0.4) is 0 Å². The summed E-state index contributed by atoms with van der Waals surface area (Å²) in [5.41, 5.74) is 0. The fraction of sp³-hybridized carbons (Fsp3) is 0.667. The molecule has 0 radical (unpaired) electrons. The largest absolute Gasteiger partial charge is 0.393 e. The second-order valence-electron chi connectivity index (χ2n) is 3.94. The lowest BCUT2D eigenvalue weighted by Gasteiger charge is -2.08. The summed E-state index contributed by atoms with van der Waals surface area (Å²) in [6.45, 7) is 2.21. The summed E-state index contributed by atoms with van der Waals surface area (Å²) in [6, 6.07) is 2.10. The zero-order valence-corrected chi connectivity index (χ0v) is 11.6. The van der Waals surface area contributed by atoms with E-state index in [0.29, 0.717) is 0 Å². The first-order valence-corrected chi connectivity index (χ1v) is 7.30. The van der Waals surface area contributed by atoms with Crippen molar-refractivity contribution in [1.29, 1.82) is 0 Å². The lowest BCUT2D eigenvalue weighted by Crippen LogP contribution is -2.09. The van der Waals surface area contributed by atoms with E-state index in [1.54, 1.807) is 11.3 Å². The summed E-state index contributed by atoms with van der Waals surface area (Å²) in [6.07, 6.45) is 6.54. The number of aliphatic hydroxyl groups excluding tert-OH is 1. The van der Waals surface area contributed by atoms with E-state index < -0.39 is 0 Å². The minimum atomic E-state index is -0.160. The fourth-order valence-corrected chi connectivity index (χ4v) is 3.13. The van der Waals surface area contributed by atoms with Crippen molar-refractivity contribution in [3.05, 3.63) is 20.8 Å². The highest BCUT2D eigenvalue weighted by Crippen LogP contribution is 2.22. The van der Waals surface area contributed by atoms with Gasteiger partial charge in [-0.15, -0.1) is 11.3 Å². The normalized spacial score (nSPS) is 13.0. The highest BCUT2D eigenvalue weighted by molar-refractivity contribution is 9.10. The van der Waals surface area contributed by atoms with Gasteiger partial charge in [0.2, 0.25) is 0 Å². The molecule has 1 N–H and O–H groups in total. The Labute approximate surface area is 105 Å². The van der Waals surface area contributed by atoms with Crippen molar-refractivity contribution in [1.82, 2.24) is 0 Å². The maximum atomic E-state index is 9.80. The SMILES string of the molecule is CCCCCCC(O)Cc1cc(Br)cs1. The summed E-state index contributed by atoms with van der Waals surface area (Å²) in [5, 5.41) is 11.9. The van der Waals surface area contributed by atoms with Crippen LogP contribution in [0.5, 0.6) is 0 Å². The van der Waals surface area contributed by atoms with Crippen molar-refractivity contribution in [2.24, 2.45) is 0 Å². The highest BCUT2D eigenvalue weighted by Gasteiger charge is 2.06.